The minimum absolute atomic E-state index is 0.184. The van der Waals surface area contributed by atoms with Gasteiger partial charge < -0.3 is 14.7 Å². The van der Waals surface area contributed by atoms with Crippen molar-refractivity contribution in [2.75, 3.05) is 38.0 Å². The predicted octanol–water partition coefficient (Wildman–Crippen LogP) is 1.75. The van der Waals surface area contributed by atoms with E-state index in [0.717, 1.165) is 0 Å². The molecule has 0 aliphatic carbocycles. The van der Waals surface area contributed by atoms with Gasteiger partial charge in [0, 0.05) is 44.2 Å². The van der Waals surface area contributed by atoms with Crippen LogP contribution in [-0.4, -0.2) is 69.3 Å². The molecule has 1 aliphatic heterocycles. The van der Waals surface area contributed by atoms with E-state index < -0.39 is 0 Å². The monoisotopic (exact) mass is 452 g/mol. The summed E-state index contributed by atoms with van der Waals surface area (Å²) in [6.45, 7) is 8.45. The summed E-state index contributed by atoms with van der Waals surface area (Å²) in [5.74, 6) is 0.844. The summed E-state index contributed by atoms with van der Waals surface area (Å²) in [5, 5.41) is 12.0. The molecule has 1 aromatic carbocycles. The van der Waals surface area contributed by atoms with Gasteiger partial charge in [0.2, 0.25) is 5.91 Å². The van der Waals surface area contributed by atoms with Crippen molar-refractivity contribution in [2.45, 2.75) is 27.3 Å². The Bertz CT molecular complexity index is 1220. The Morgan fingerprint density at radius 1 is 1.12 bits per heavy atom. The Labute approximate surface area is 191 Å². The normalized spacial score (nSPS) is 14.7. The molecule has 10 heteroatoms. The van der Waals surface area contributed by atoms with Crippen LogP contribution in [0, 0.1) is 12.8 Å². The minimum atomic E-state index is -0.203. The van der Waals surface area contributed by atoms with Crippen LogP contribution >= 0.6 is 0 Å². The Balaban J connectivity index is 1.45. The van der Waals surface area contributed by atoms with Gasteiger partial charge >= 0.3 is 0 Å². The second-order valence-corrected chi connectivity index (χ2v) is 8.71. The maximum atomic E-state index is 13.4. The fourth-order valence-electron chi connectivity index (χ4n) is 3.93. The molecule has 0 unspecified atom stereocenters. The fraction of sp³-hybridized carbons (Fsp3) is 0.435. The Hall–Kier alpha value is -3.53. The highest BCUT2D eigenvalue weighted by molar-refractivity contribution is 6.04. The van der Waals surface area contributed by atoms with E-state index in [4.69, 9.17) is 4.52 Å². The lowest BCUT2D eigenvalue weighted by molar-refractivity contribution is -0.117. The minimum Gasteiger partial charge on any atom is -0.360 e. The van der Waals surface area contributed by atoms with E-state index in [1.165, 1.54) is 4.68 Å². The molecule has 1 saturated heterocycles. The molecule has 4 rings (SSSR count). The van der Waals surface area contributed by atoms with Crippen molar-refractivity contribution >= 4 is 28.4 Å². The summed E-state index contributed by atoms with van der Waals surface area (Å²) in [6, 6.07) is 8.76. The number of anilines is 1. The maximum absolute atomic E-state index is 13.4. The van der Waals surface area contributed by atoms with Crippen LogP contribution < -0.4 is 10.9 Å². The van der Waals surface area contributed by atoms with Gasteiger partial charge in [-0.15, -0.1) is 0 Å². The number of aromatic nitrogens is 3. The number of nitrogens with zero attached hydrogens (tertiary/aromatic N) is 5. The molecule has 2 aromatic heterocycles. The molecule has 0 atom stereocenters. The van der Waals surface area contributed by atoms with Crippen molar-refractivity contribution in [3.63, 3.8) is 0 Å². The van der Waals surface area contributed by atoms with Crippen LogP contribution in [0.3, 0.4) is 0 Å². The zero-order valence-electron chi connectivity index (χ0n) is 19.1. The highest BCUT2D eigenvalue weighted by atomic mass is 16.5. The Kier molecular flexibility index (Phi) is 6.55. The van der Waals surface area contributed by atoms with Crippen molar-refractivity contribution in [1.82, 2.24) is 24.7 Å². The van der Waals surface area contributed by atoms with Crippen LogP contribution in [0.15, 0.2) is 39.6 Å². The zero-order chi connectivity index (χ0) is 23.5. The molecule has 1 N–H and O–H groups in total. The fourth-order valence-corrected chi connectivity index (χ4v) is 3.93. The van der Waals surface area contributed by atoms with Gasteiger partial charge in [-0.25, -0.2) is 4.68 Å². The second-order valence-electron chi connectivity index (χ2n) is 8.71. The number of carbonyl (C=O) groups is 2. The summed E-state index contributed by atoms with van der Waals surface area (Å²) in [6.07, 6.45) is 0. The smallest absolute Gasteiger partial charge is 0.275 e. The standard InChI is InChI=1S/C23H28N6O4/c1-15(2)13-29-22(31)18-7-5-4-6-17(18)21(25-29)23(32)28-10-8-27(9-11-28)14-20(30)24-19-12-16(3)33-26-19/h4-7,12,15H,8-11,13-14H2,1-3H3,(H,24,26,30). The number of benzene rings is 1. The van der Waals surface area contributed by atoms with Crippen molar-refractivity contribution in [2.24, 2.45) is 5.92 Å². The van der Waals surface area contributed by atoms with Gasteiger partial charge in [0.15, 0.2) is 11.5 Å². The molecule has 174 valence electrons. The third-order valence-corrected chi connectivity index (χ3v) is 5.53. The van der Waals surface area contributed by atoms with Crippen molar-refractivity contribution < 1.29 is 14.1 Å². The summed E-state index contributed by atoms with van der Waals surface area (Å²) in [7, 11) is 0. The Morgan fingerprint density at radius 3 is 2.45 bits per heavy atom. The molecular weight excluding hydrogens is 424 g/mol. The number of carbonyl (C=O) groups excluding carboxylic acids is 2. The quantitative estimate of drug-likeness (QED) is 0.606. The van der Waals surface area contributed by atoms with Gasteiger partial charge in [0.05, 0.1) is 11.9 Å². The lowest BCUT2D eigenvalue weighted by Crippen LogP contribution is -2.50. The zero-order valence-corrected chi connectivity index (χ0v) is 19.1. The number of fused-ring (bicyclic) bond motifs is 1. The van der Waals surface area contributed by atoms with E-state index >= 15 is 0 Å². The van der Waals surface area contributed by atoms with Crippen LogP contribution in [0.1, 0.15) is 30.1 Å². The molecule has 0 spiro atoms. The molecule has 0 radical (unpaired) electrons. The van der Waals surface area contributed by atoms with Crippen molar-refractivity contribution in [1.29, 1.82) is 0 Å². The number of nitrogens with one attached hydrogen (secondary N) is 1. The number of amides is 2. The first-order valence-electron chi connectivity index (χ1n) is 11.1. The third-order valence-electron chi connectivity index (χ3n) is 5.53. The SMILES string of the molecule is Cc1cc(NC(=O)CN2CCN(C(=O)c3nn(CC(C)C)c(=O)c4ccccc34)CC2)no1. The van der Waals surface area contributed by atoms with Crippen LogP contribution in [0.4, 0.5) is 5.82 Å². The summed E-state index contributed by atoms with van der Waals surface area (Å²) in [4.78, 5) is 42.2. The summed E-state index contributed by atoms with van der Waals surface area (Å²) in [5.41, 5.74) is 0.104. The highest BCUT2D eigenvalue weighted by Crippen LogP contribution is 2.17. The molecule has 10 nitrogen and oxygen atoms in total. The Morgan fingerprint density at radius 2 is 1.82 bits per heavy atom. The molecule has 33 heavy (non-hydrogen) atoms. The molecule has 3 aromatic rings. The molecular formula is C23H28N6O4. The predicted molar refractivity (Wildman–Crippen MR) is 123 cm³/mol. The summed E-state index contributed by atoms with van der Waals surface area (Å²) >= 11 is 0. The van der Waals surface area contributed by atoms with E-state index in [1.807, 2.05) is 18.7 Å². The highest BCUT2D eigenvalue weighted by Gasteiger charge is 2.26. The molecule has 1 aliphatic rings. The first kappa shape index (κ1) is 22.7. The first-order valence-corrected chi connectivity index (χ1v) is 11.1. The number of rotatable bonds is 6. The van der Waals surface area contributed by atoms with Crippen molar-refractivity contribution in [3.8, 4) is 0 Å². The second kappa shape index (κ2) is 9.53. The molecule has 0 saturated carbocycles. The van der Waals surface area contributed by atoms with E-state index in [2.05, 4.69) is 15.6 Å². The van der Waals surface area contributed by atoms with E-state index in [0.29, 0.717) is 60.8 Å². The molecule has 2 amide bonds. The lowest BCUT2D eigenvalue weighted by Gasteiger charge is -2.34. The van der Waals surface area contributed by atoms with Crippen LogP contribution in [0.2, 0.25) is 0 Å². The van der Waals surface area contributed by atoms with Gasteiger partial charge in [0.1, 0.15) is 5.76 Å². The number of hydrogen-bond donors (Lipinski definition) is 1. The van der Waals surface area contributed by atoms with E-state index in [-0.39, 0.29) is 29.8 Å². The largest absolute Gasteiger partial charge is 0.360 e. The molecule has 0 bridgehead atoms. The topological polar surface area (TPSA) is 114 Å². The van der Waals surface area contributed by atoms with Gasteiger partial charge in [0.25, 0.3) is 11.5 Å². The van der Waals surface area contributed by atoms with Crippen LogP contribution in [-0.2, 0) is 11.3 Å². The first-order chi connectivity index (χ1) is 15.8. The molecule has 3 heterocycles. The average Bonchev–Trinajstić information content (AvgIpc) is 3.19. The van der Waals surface area contributed by atoms with Gasteiger partial charge in [-0.2, -0.15) is 5.10 Å². The number of piperazine rings is 1. The van der Waals surface area contributed by atoms with Crippen molar-refractivity contribution in [3.05, 3.63) is 52.1 Å². The maximum Gasteiger partial charge on any atom is 0.275 e. The lowest BCUT2D eigenvalue weighted by atomic mass is 10.1. The number of hydrogen-bond acceptors (Lipinski definition) is 7. The van der Waals surface area contributed by atoms with E-state index in [1.54, 1.807) is 42.2 Å². The third kappa shape index (κ3) is 5.11. The average molecular weight is 453 g/mol. The summed E-state index contributed by atoms with van der Waals surface area (Å²) < 4.78 is 6.35. The van der Waals surface area contributed by atoms with Gasteiger partial charge in [-0.3, -0.25) is 19.3 Å². The van der Waals surface area contributed by atoms with Gasteiger partial charge in [-0.1, -0.05) is 37.2 Å². The van der Waals surface area contributed by atoms with Gasteiger partial charge in [-0.05, 0) is 18.9 Å². The number of aryl methyl sites for hydroxylation is 1. The van der Waals surface area contributed by atoms with Crippen LogP contribution in [0.25, 0.3) is 10.8 Å². The van der Waals surface area contributed by atoms with E-state index in [9.17, 15) is 14.4 Å². The van der Waals surface area contributed by atoms with Crippen LogP contribution in [0.5, 0.6) is 0 Å². The molecule has 1 fully saturated rings.